The number of rotatable bonds is 8. The van der Waals surface area contributed by atoms with Crippen LogP contribution in [-0.2, 0) is 4.79 Å². The minimum Gasteiger partial charge on any atom is -0.320 e. The molecule has 12 heteroatoms. The van der Waals surface area contributed by atoms with Crippen LogP contribution in [0.4, 0.5) is 15.8 Å². The number of amides is 1. The number of carbonyl (C=O) groups excluding carboxylic acids is 1. The molecule has 1 N–H and O–H groups in total. The highest BCUT2D eigenvalue weighted by molar-refractivity contribution is 7.99. The fraction of sp³-hybridized carbons (Fsp3) is 0.250. The lowest BCUT2D eigenvalue weighted by Gasteiger charge is -2.20. The van der Waals surface area contributed by atoms with E-state index in [1.54, 1.807) is 16.7 Å². The number of nitrogens with zero attached hydrogens (tertiary/aromatic N) is 5. The van der Waals surface area contributed by atoms with E-state index in [1.807, 2.05) is 25.9 Å². The molecule has 2 aromatic carbocycles. The van der Waals surface area contributed by atoms with Gasteiger partial charge in [0.2, 0.25) is 5.91 Å². The number of thioether (sulfide) groups is 1. The summed E-state index contributed by atoms with van der Waals surface area (Å²) in [5, 5.41) is 22.8. The molecule has 1 amide bonds. The van der Waals surface area contributed by atoms with Crippen molar-refractivity contribution in [2.75, 3.05) is 25.2 Å². The van der Waals surface area contributed by atoms with E-state index in [4.69, 9.17) is 11.6 Å². The Hall–Kier alpha value is -3.02. The topological polar surface area (TPSA) is 106 Å². The van der Waals surface area contributed by atoms with Gasteiger partial charge in [-0.25, -0.2) is 4.39 Å². The van der Waals surface area contributed by atoms with E-state index in [9.17, 15) is 19.3 Å². The SMILES string of the molecule is CC(c1nnc(SCC(=O)Nc2ccc(Cl)cc2[N+](=O)[O-])n1-c1ccc(F)cc1)N(C)C. The minimum atomic E-state index is -0.616. The molecular weight excluding hydrogens is 459 g/mol. The van der Waals surface area contributed by atoms with Crippen molar-refractivity contribution in [2.45, 2.75) is 18.1 Å². The molecule has 0 saturated carbocycles. The summed E-state index contributed by atoms with van der Waals surface area (Å²) in [7, 11) is 3.79. The Morgan fingerprint density at radius 2 is 1.97 bits per heavy atom. The molecule has 32 heavy (non-hydrogen) atoms. The van der Waals surface area contributed by atoms with Crippen LogP contribution in [-0.4, -0.2) is 50.3 Å². The fourth-order valence-electron chi connectivity index (χ4n) is 2.79. The van der Waals surface area contributed by atoms with E-state index in [0.717, 1.165) is 11.8 Å². The zero-order valence-electron chi connectivity index (χ0n) is 17.5. The molecule has 3 rings (SSSR count). The number of halogens is 2. The molecule has 1 atom stereocenters. The molecule has 1 aromatic heterocycles. The third kappa shape index (κ3) is 5.42. The van der Waals surface area contributed by atoms with E-state index in [-0.39, 0.29) is 34.0 Å². The van der Waals surface area contributed by atoms with E-state index in [0.29, 0.717) is 16.7 Å². The highest BCUT2D eigenvalue weighted by atomic mass is 35.5. The normalized spacial score (nSPS) is 12.1. The van der Waals surface area contributed by atoms with Crippen LogP contribution in [0.3, 0.4) is 0 Å². The second-order valence-corrected chi connectivity index (χ2v) is 8.43. The molecule has 0 fully saturated rings. The number of anilines is 1. The quantitative estimate of drug-likeness (QED) is 0.292. The monoisotopic (exact) mass is 478 g/mol. The summed E-state index contributed by atoms with van der Waals surface area (Å²) in [6.07, 6.45) is 0. The first-order valence-electron chi connectivity index (χ1n) is 9.41. The standard InChI is InChI=1S/C20H20ClFN6O3S/c1-12(26(2)3)19-24-25-20(27(19)15-7-5-14(22)6-8-15)32-11-18(29)23-16-9-4-13(21)10-17(16)28(30)31/h4-10,12H,11H2,1-3H3,(H,23,29). The summed E-state index contributed by atoms with van der Waals surface area (Å²) >= 11 is 6.92. The molecule has 1 unspecified atom stereocenters. The molecule has 0 saturated heterocycles. The third-order valence-electron chi connectivity index (χ3n) is 4.65. The predicted octanol–water partition coefficient (Wildman–Crippen LogP) is 4.32. The largest absolute Gasteiger partial charge is 0.320 e. The molecule has 0 radical (unpaired) electrons. The van der Waals surface area contributed by atoms with Crippen LogP contribution in [0.2, 0.25) is 5.02 Å². The number of aromatic nitrogens is 3. The van der Waals surface area contributed by atoms with Crippen LogP contribution < -0.4 is 5.32 Å². The van der Waals surface area contributed by atoms with Gasteiger partial charge in [0.05, 0.1) is 16.7 Å². The smallest absolute Gasteiger partial charge is 0.294 e. The Kier molecular flexibility index (Phi) is 7.44. The van der Waals surface area contributed by atoms with Crippen molar-refractivity contribution in [2.24, 2.45) is 0 Å². The van der Waals surface area contributed by atoms with Gasteiger partial charge in [0.1, 0.15) is 11.5 Å². The maximum atomic E-state index is 13.4. The number of hydrogen-bond donors (Lipinski definition) is 1. The summed E-state index contributed by atoms with van der Waals surface area (Å²) in [4.78, 5) is 25.0. The third-order valence-corrected chi connectivity index (χ3v) is 5.82. The van der Waals surface area contributed by atoms with Crippen LogP contribution in [0.15, 0.2) is 47.6 Å². The van der Waals surface area contributed by atoms with Crippen LogP contribution in [0, 0.1) is 15.9 Å². The fourth-order valence-corrected chi connectivity index (χ4v) is 3.71. The number of benzene rings is 2. The summed E-state index contributed by atoms with van der Waals surface area (Å²) in [5.74, 6) is -0.286. The van der Waals surface area contributed by atoms with Gasteiger partial charge in [-0.1, -0.05) is 23.4 Å². The van der Waals surface area contributed by atoms with Crippen molar-refractivity contribution in [1.82, 2.24) is 19.7 Å². The van der Waals surface area contributed by atoms with E-state index >= 15 is 0 Å². The highest BCUT2D eigenvalue weighted by Gasteiger charge is 2.22. The summed E-state index contributed by atoms with van der Waals surface area (Å²) in [6, 6.07) is 9.77. The molecule has 9 nitrogen and oxygen atoms in total. The molecule has 0 aliphatic heterocycles. The van der Waals surface area contributed by atoms with Crippen molar-refractivity contribution in [3.63, 3.8) is 0 Å². The summed E-state index contributed by atoms with van der Waals surface area (Å²) < 4.78 is 15.2. The number of nitro groups is 1. The zero-order chi connectivity index (χ0) is 23.4. The number of carbonyl (C=O) groups is 1. The van der Waals surface area contributed by atoms with Crippen LogP contribution in [0.5, 0.6) is 0 Å². The average molecular weight is 479 g/mol. The van der Waals surface area contributed by atoms with Gasteiger partial charge in [-0.3, -0.25) is 24.4 Å². The van der Waals surface area contributed by atoms with Gasteiger partial charge < -0.3 is 5.32 Å². The van der Waals surface area contributed by atoms with Crippen molar-refractivity contribution in [1.29, 1.82) is 0 Å². The molecule has 3 aromatic rings. The lowest BCUT2D eigenvalue weighted by atomic mass is 10.2. The van der Waals surface area contributed by atoms with Gasteiger partial charge in [0, 0.05) is 16.8 Å². The Morgan fingerprint density at radius 3 is 2.59 bits per heavy atom. The van der Waals surface area contributed by atoms with Crippen molar-refractivity contribution < 1.29 is 14.1 Å². The first kappa shape index (κ1) is 23.6. The molecule has 0 aliphatic carbocycles. The van der Waals surface area contributed by atoms with Crippen molar-refractivity contribution in [3.8, 4) is 5.69 Å². The van der Waals surface area contributed by atoms with Gasteiger partial charge in [-0.15, -0.1) is 10.2 Å². The van der Waals surface area contributed by atoms with Crippen molar-refractivity contribution >= 4 is 40.6 Å². The molecule has 168 valence electrons. The van der Waals surface area contributed by atoms with Crippen LogP contribution >= 0.6 is 23.4 Å². The summed E-state index contributed by atoms with van der Waals surface area (Å²) in [5.41, 5.74) is 0.399. The maximum absolute atomic E-state index is 13.4. The predicted molar refractivity (Wildman–Crippen MR) is 121 cm³/mol. The molecular formula is C20H20ClFN6O3S. The zero-order valence-corrected chi connectivity index (χ0v) is 19.0. The second kappa shape index (κ2) is 10.1. The molecule has 1 heterocycles. The van der Waals surface area contributed by atoms with Gasteiger partial charge in [0.25, 0.3) is 5.69 Å². The molecule has 0 bridgehead atoms. The summed E-state index contributed by atoms with van der Waals surface area (Å²) in [6.45, 7) is 1.95. The minimum absolute atomic E-state index is 0.0481. The van der Waals surface area contributed by atoms with Crippen LogP contribution in [0.25, 0.3) is 5.69 Å². The maximum Gasteiger partial charge on any atom is 0.294 e. The van der Waals surface area contributed by atoms with Gasteiger partial charge in [-0.2, -0.15) is 0 Å². The lowest BCUT2D eigenvalue weighted by molar-refractivity contribution is -0.383. The highest BCUT2D eigenvalue weighted by Crippen LogP contribution is 2.29. The van der Waals surface area contributed by atoms with Crippen molar-refractivity contribution in [3.05, 3.63) is 69.2 Å². The van der Waals surface area contributed by atoms with Gasteiger partial charge >= 0.3 is 0 Å². The van der Waals surface area contributed by atoms with Gasteiger partial charge in [0.15, 0.2) is 11.0 Å². The Labute approximate surface area is 192 Å². The van der Waals surface area contributed by atoms with E-state index < -0.39 is 10.8 Å². The Bertz CT molecular complexity index is 1140. The molecule has 0 aliphatic rings. The lowest BCUT2D eigenvalue weighted by Crippen LogP contribution is -2.21. The van der Waals surface area contributed by atoms with Crippen LogP contribution in [0.1, 0.15) is 18.8 Å². The number of hydrogen-bond acceptors (Lipinski definition) is 7. The number of nitro benzene ring substituents is 1. The van der Waals surface area contributed by atoms with Gasteiger partial charge in [-0.05, 0) is 57.4 Å². The first-order valence-corrected chi connectivity index (χ1v) is 10.8. The van der Waals surface area contributed by atoms with E-state index in [2.05, 4.69) is 15.5 Å². The Balaban J connectivity index is 1.83. The average Bonchev–Trinajstić information content (AvgIpc) is 3.17. The first-order chi connectivity index (χ1) is 15.2. The number of nitrogens with one attached hydrogen (secondary N) is 1. The van der Waals surface area contributed by atoms with E-state index in [1.165, 1.54) is 30.3 Å². The molecule has 0 spiro atoms. The second-order valence-electron chi connectivity index (χ2n) is 7.05. The Morgan fingerprint density at radius 1 is 1.28 bits per heavy atom.